The number of hydrogen-bond donors (Lipinski definition) is 0. The van der Waals surface area contributed by atoms with Crippen molar-refractivity contribution in [2.45, 2.75) is 6.18 Å². The van der Waals surface area contributed by atoms with Gasteiger partial charge < -0.3 is 0 Å². The number of nitrogens with zero attached hydrogens (tertiary/aromatic N) is 4. The Labute approximate surface area is 89.1 Å². The molecule has 0 aliphatic rings. The van der Waals surface area contributed by atoms with Gasteiger partial charge in [-0.15, -0.1) is 0 Å². The van der Waals surface area contributed by atoms with E-state index in [-0.39, 0.29) is 6.54 Å². The molecule has 0 saturated carbocycles. The Kier molecular flexibility index (Phi) is 3.90. The van der Waals surface area contributed by atoms with Crippen LogP contribution < -0.4 is 0 Å². The van der Waals surface area contributed by atoms with Gasteiger partial charge >= 0.3 is 6.18 Å². The molecule has 0 spiro atoms. The molecule has 0 aliphatic heterocycles. The molecule has 0 unspecified atom stereocenters. The minimum Gasteiger partial charge on any atom is -0.263 e. The zero-order valence-electron chi connectivity index (χ0n) is 8.02. The Bertz CT molecular complexity index is 433. The summed E-state index contributed by atoms with van der Waals surface area (Å²) in [6, 6.07) is 0.972. The van der Waals surface area contributed by atoms with Crippen molar-refractivity contribution in [3.63, 3.8) is 0 Å². The average Bonchev–Trinajstić information content (AvgIpc) is 2.24. The quantitative estimate of drug-likeness (QED) is 0.444. The first-order chi connectivity index (χ1) is 7.54. The zero-order valence-corrected chi connectivity index (χ0v) is 8.02. The van der Waals surface area contributed by atoms with Gasteiger partial charge in [0, 0.05) is 23.9 Å². The van der Waals surface area contributed by atoms with Crippen LogP contribution in [0.25, 0.3) is 16.5 Å². The number of azide groups is 1. The van der Waals surface area contributed by atoms with E-state index in [9.17, 15) is 13.2 Å². The average molecular weight is 228 g/mol. The molecule has 0 N–H and O–H groups in total. The van der Waals surface area contributed by atoms with Crippen molar-refractivity contribution < 1.29 is 13.2 Å². The fourth-order valence-electron chi connectivity index (χ4n) is 0.976. The van der Waals surface area contributed by atoms with Crippen molar-refractivity contribution in [3.05, 3.63) is 46.1 Å². The first-order valence-corrected chi connectivity index (χ1v) is 4.23. The van der Waals surface area contributed by atoms with E-state index in [0.717, 1.165) is 12.3 Å². The van der Waals surface area contributed by atoms with Crippen LogP contribution >= 0.6 is 0 Å². The molecule has 1 aromatic rings. The summed E-state index contributed by atoms with van der Waals surface area (Å²) < 4.78 is 36.8. The van der Waals surface area contributed by atoms with E-state index in [1.807, 2.05) is 0 Å². The molecule has 1 rings (SSSR count). The molecular weight excluding hydrogens is 221 g/mol. The van der Waals surface area contributed by atoms with Crippen molar-refractivity contribution in [3.8, 4) is 0 Å². The third-order valence-corrected chi connectivity index (χ3v) is 1.65. The highest BCUT2D eigenvalue weighted by Crippen LogP contribution is 2.28. The smallest absolute Gasteiger partial charge is 0.263 e. The van der Waals surface area contributed by atoms with E-state index < -0.39 is 11.7 Å². The van der Waals surface area contributed by atoms with E-state index in [2.05, 4.69) is 15.0 Å². The Balaban J connectivity index is 2.83. The molecule has 0 radical (unpaired) electrons. The number of halogens is 3. The van der Waals surface area contributed by atoms with Gasteiger partial charge in [0.2, 0.25) is 0 Å². The van der Waals surface area contributed by atoms with E-state index >= 15 is 0 Å². The van der Waals surface area contributed by atoms with Crippen molar-refractivity contribution in [1.29, 1.82) is 0 Å². The molecular formula is C9H7F3N4. The maximum absolute atomic E-state index is 12.3. The second-order valence-corrected chi connectivity index (χ2v) is 2.82. The number of rotatable bonds is 3. The van der Waals surface area contributed by atoms with Crippen LogP contribution in [0.15, 0.2) is 29.7 Å². The van der Waals surface area contributed by atoms with E-state index in [4.69, 9.17) is 5.53 Å². The molecule has 16 heavy (non-hydrogen) atoms. The summed E-state index contributed by atoms with van der Waals surface area (Å²) in [4.78, 5) is 5.98. The van der Waals surface area contributed by atoms with Crippen molar-refractivity contribution in [1.82, 2.24) is 4.98 Å². The summed E-state index contributed by atoms with van der Waals surface area (Å²) in [5.74, 6) is 0. The summed E-state index contributed by atoms with van der Waals surface area (Å²) in [7, 11) is 0. The summed E-state index contributed by atoms with van der Waals surface area (Å²) in [6.45, 7) is 0.0900. The highest BCUT2D eigenvalue weighted by Gasteiger charge is 2.30. The van der Waals surface area contributed by atoms with Gasteiger partial charge in [0.05, 0.1) is 5.56 Å². The van der Waals surface area contributed by atoms with Crippen LogP contribution in [0.2, 0.25) is 0 Å². The summed E-state index contributed by atoms with van der Waals surface area (Å²) in [5, 5.41) is 3.21. The Morgan fingerprint density at radius 3 is 2.81 bits per heavy atom. The first kappa shape index (κ1) is 12.1. The minimum absolute atomic E-state index is 0.0900. The maximum atomic E-state index is 12.3. The fraction of sp³-hybridized carbons (Fsp3) is 0.222. The summed E-state index contributed by atoms with van der Waals surface area (Å²) in [5.41, 5.74) is 7.48. The minimum atomic E-state index is -4.40. The molecule has 0 fully saturated rings. The van der Waals surface area contributed by atoms with Gasteiger partial charge in [0.15, 0.2) is 0 Å². The molecule has 0 amide bonds. The monoisotopic (exact) mass is 228 g/mol. The molecule has 0 saturated heterocycles. The lowest BCUT2D eigenvalue weighted by Crippen LogP contribution is -2.05. The van der Waals surface area contributed by atoms with Crippen molar-refractivity contribution >= 4 is 6.08 Å². The van der Waals surface area contributed by atoms with E-state index in [1.165, 1.54) is 18.3 Å². The van der Waals surface area contributed by atoms with Crippen LogP contribution in [-0.4, -0.2) is 11.5 Å². The van der Waals surface area contributed by atoms with Crippen molar-refractivity contribution in [2.75, 3.05) is 6.54 Å². The lowest BCUT2D eigenvalue weighted by atomic mass is 10.2. The second-order valence-electron chi connectivity index (χ2n) is 2.82. The highest BCUT2D eigenvalue weighted by atomic mass is 19.4. The lowest BCUT2D eigenvalue weighted by Gasteiger charge is -2.05. The molecule has 0 bridgehead atoms. The van der Waals surface area contributed by atoms with Gasteiger partial charge in [-0.3, -0.25) is 4.98 Å². The topological polar surface area (TPSA) is 61.7 Å². The summed E-state index contributed by atoms with van der Waals surface area (Å²) >= 11 is 0. The van der Waals surface area contributed by atoms with Gasteiger partial charge in [-0.2, -0.15) is 13.2 Å². The predicted octanol–water partition coefficient (Wildman–Crippen LogP) is 3.42. The third-order valence-electron chi connectivity index (χ3n) is 1.65. The van der Waals surface area contributed by atoms with Crippen LogP contribution in [0.1, 0.15) is 11.1 Å². The van der Waals surface area contributed by atoms with Gasteiger partial charge in [-0.25, -0.2) is 0 Å². The van der Waals surface area contributed by atoms with Gasteiger partial charge in [-0.1, -0.05) is 17.3 Å². The third kappa shape index (κ3) is 3.62. The Hall–Kier alpha value is -2.01. The van der Waals surface area contributed by atoms with Crippen LogP contribution in [0, 0.1) is 0 Å². The maximum Gasteiger partial charge on any atom is 0.417 e. The standard InChI is InChI=1S/C9H7F3N4/c10-9(11,12)8-4-7(5-14-6-8)2-1-3-15-16-13/h1-2,4-6H,3H2. The fourth-order valence-corrected chi connectivity index (χ4v) is 0.976. The largest absolute Gasteiger partial charge is 0.417 e. The second kappa shape index (κ2) is 5.18. The summed E-state index contributed by atoms with van der Waals surface area (Å²) in [6.07, 6.45) is 0.516. The van der Waals surface area contributed by atoms with Gasteiger partial charge in [0.1, 0.15) is 0 Å². The van der Waals surface area contributed by atoms with E-state index in [1.54, 1.807) is 0 Å². The molecule has 0 atom stereocenters. The zero-order chi connectivity index (χ0) is 12.0. The molecule has 4 nitrogen and oxygen atoms in total. The number of hydrogen-bond acceptors (Lipinski definition) is 2. The number of alkyl halides is 3. The lowest BCUT2D eigenvalue weighted by molar-refractivity contribution is -0.137. The first-order valence-electron chi connectivity index (χ1n) is 4.23. The van der Waals surface area contributed by atoms with E-state index in [0.29, 0.717) is 5.56 Å². The van der Waals surface area contributed by atoms with Crippen LogP contribution in [0.4, 0.5) is 13.2 Å². The van der Waals surface area contributed by atoms with Gasteiger partial charge in [-0.05, 0) is 17.2 Å². The van der Waals surface area contributed by atoms with Crippen LogP contribution in [0.3, 0.4) is 0 Å². The Morgan fingerprint density at radius 2 is 2.19 bits per heavy atom. The highest BCUT2D eigenvalue weighted by molar-refractivity contribution is 5.49. The predicted molar refractivity (Wildman–Crippen MR) is 52.3 cm³/mol. The molecule has 84 valence electrons. The number of aromatic nitrogens is 1. The molecule has 0 aromatic carbocycles. The SMILES string of the molecule is [N-]=[N+]=NCC=Cc1cncc(C(F)(F)F)c1. The molecule has 1 heterocycles. The van der Waals surface area contributed by atoms with Crippen molar-refractivity contribution in [2.24, 2.45) is 5.11 Å². The number of pyridine rings is 1. The van der Waals surface area contributed by atoms with Crippen LogP contribution in [0.5, 0.6) is 0 Å². The normalized spacial score (nSPS) is 11.4. The van der Waals surface area contributed by atoms with Crippen LogP contribution in [-0.2, 0) is 6.18 Å². The van der Waals surface area contributed by atoms with Gasteiger partial charge in [0.25, 0.3) is 0 Å². The molecule has 1 aromatic heterocycles. The Morgan fingerprint density at radius 1 is 1.44 bits per heavy atom. The molecule has 0 aliphatic carbocycles. The molecule has 7 heteroatoms.